The fraction of sp³-hybridized carbons (Fsp3) is 0.500. The lowest BCUT2D eigenvalue weighted by Crippen LogP contribution is -2.38. The highest BCUT2D eigenvalue weighted by Crippen LogP contribution is 2.52. The van der Waals surface area contributed by atoms with Gasteiger partial charge < -0.3 is 15.8 Å². The Bertz CT molecular complexity index is 483. The summed E-state index contributed by atoms with van der Waals surface area (Å²) in [6, 6.07) is 2.12. The Hall–Kier alpha value is -1.66. The normalized spacial score (nSPS) is 17.1. The van der Waals surface area contributed by atoms with Crippen LogP contribution in [0.15, 0.2) is 12.1 Å². The van der Waals surface area contributed by atoms with E-state index in [-0.39, 0.29) is 36.6 Å². The molecule has 0 radical (unpaired) electrons. The molecule has 0 atom stereocenters. The van der Waals surface area contributed by atoms with Gasteiger partial charge in [0.25, 0.3) is 0 Å². The van der Waals surface area contributed by atoms with Gasteiger partial charge >= 0.3 is 6.18 Å². The van der Waals surface area contributed by atoms with E-state index in [0.717, 1.165) is 6.07 Å². The van der Waals surface area contributed by atoms with Crippen molar-refractivity contribution in [2.24, 2.45) is 0 Å². The second-order valence-corrected chi connectivity index (χ2v) is 4.51. The van der Waals surface area contributed by atoms with Crippen molar-refractivity contribution in [1.82, 2.24) is 0 Å². The fourth-order valence-electron chi connectivity index (χ4n) is 1.81. The second kappa shape index (κ2) is 4.47. The number of benzene rings is 1. The van der Waals surface area contributed by atoms with E-state index >= 15 is 0 Å². The molecule has 3 nitrogen and oxygen atoms in total. The summed E-state index contributed by atoms with van der Waals surface area (Å²) in [7, 11) is 0. The Morgan fingerprint density at radius 3 is 2.47 bits per heavy atom. The molecule has 0 amide bonds. The van der Waals surface area contributed by atoms with Crippen molar-refractivity contribution in [1.29, 1.82) is 0 Å². The predicted molar refractivity (Wildman–Crippen MR) is 63.6 cm³/mol. The first-order valence-electron chi connectivity index (χ1n) is 5.86. The Morgan fingerprint density at radius 1 is 1.37 bits per heavy atom. The van der Waals surface area contributed by atoms with Gasteiger partial charge in [0.15, 0.2) is 11.6 Å². The van der Waals surface area contributed by atoms with Gasteiger partial charge in [-0.15, -0.1) is 0 Å². The molecule has 1 aliphatic rings. The van der Waals surface area contributed by atoms with E-state index in [1.165, 1.54) is 6.07 Å². The molecule has 7 heteroatoms. The van der Waals surface area contributed by atoms with Gasteiger partial charge in [-0.1, -0.05) is 0 Å². The molecular formula is C12H14F4N2O. The lowest BCUT2D eigenvalue weighted by atomic mass is 10.2. The van der Waals surface area contributed by atoms with Crippen LogP contribution in [0.5, 0.6) is 5.75 Å². The molecule has 0 spiro atoms. The fourth-order valence-corrected chi connectivity index (χ4v) is 1.81. The summed E-state index contributed by atoms with van der Waals surface area (Å²) in [6.07, 6.45) is -4.39. The molecule has 0 unspecified atom stereocenters. The van der Waals surface area contributed by atoms with Crippen LogP contribution in [0, 0.1) is 5.82 Å². The summed E-state index contributed by atoms with van der Waals surface area (Å²) >= 11 is 0. The van der Waals surface area contributed by atoms with E-state index in [1.54, 1.807) is 6.92 Å². The van der Waals surface area contributed by atoms with E-state index in [0.29, 0.717) is 0 Å². The van der Waals surface area contributed by atoms with Crippen molar-refractivity contribution >= 4 is 11.4 Å². The largest absolute Gasteiger partial charge is 0.491 e. The summed E-state index contributed by atoms with van der Waals surface area (Å²) in [6.45, 7) is 1.87. The number of ether oxygens (including phenoxy) is 1. The number of hydrogen-bond acceptors (Lipinski definition) is 3. The molecule has 0 saturated heterocycles. The number of nitrogens with two attached hydrogens (primary N) is 1. The standard InChI is InChI=1S/C12H14F4N2O/c1-2-19-10-6-9(8(17)5-7(10)13)18-11(3-4-11)12(14,15)16/h5-6,18H,2-4,17H2,1H3. The Morgan fingerprint density at radius 2 is 2.00 bits per heavy atom. The van der Waals surface area contributed by atoms with Crippen LogP contribution in [0.2, 0.25) is 0 Å². The maximum atomic E-state index is 13.4. The monoisotopic (exact) mass is 278 g/mol. The lowest BCUT2D eigenvalue weighted by Gasteiger charge is -2.23. The molecule has 1 fully saturated rings. The number of anilines is 2. The van der Waals surface area contributed by atoms with Gasteiger partial charge in [0, 0.05) is 12.1 Å². The van der Waals surface area contributed by atoms with Crippen LogP contribution < -0.4 is 15.8 Å². The highest BCUT2D eigenvalue weighted by atomic mass is 19.4. The molecule has 1 saturated carbocycles. The quantitative estimate of drug-likeness (QED) is 0.656. The average Bonchev–Trinajstić information content (AvgIpc) is 3.05. The third kappa shape index (κ3) is 2.54. The molecule has 1 aromatic carbocycles. The molecule has 1 aromatic rings. The van der Waals surface area contributed by atoms with Crippen LogP contribution in [0.3, 0.4) is 0 Å². The first-order chi connectivity index (χ1) is 8.79. The number of nitrogens with one attached hydrogen (secondary N) is 1. The highest BCUT2D eigenvalue weighted by Gasteiger charge is 2.63. The van der Waals surface area contributed by atoms with Gasteiger partial charge in [-0.2, -0.15) is 13.2 Å². The van der Waals surface area contributed by atoms with Crippen LogP contribution >= 0.6 is 0 Å². The minimum absolute atomic E-state index is 0.0166. The molecule has 0 bridgehead atoms. The third-order valence-electron chi connectivity index (χ3n) is 3.07. The topological polar surface area (TPSA) is 47.3 Å². The zero-order valence-electron chi connectivity index (χ0n) is 10.3. The molecular weight excluding hydrogens is 264 g/mol. The SMILES string of the molecule is CCOc1cc(NC2(C(F)(F)F)CC2)c(N)cc1F. The van der Waals surface area contributed by atoms with E-state index in [1.807, 2.05) is 0 Å². The van der Waals surface area contributed by atoms with E-state index in [4.69, 9.17) is 10.5 Å². The lowest BCUT2D eigenvalue weighted by molar-refractivity contribution is -0.151. The number of hydrogen-bond donors (Lipinski definition) is 2. The molecule has 2 rings (SSSR count). The zero-order valence-corrected chi connectivity index (χ0v) is 10.3. The minimum Gasteiger partial charge on any atom is -0.491 e. The van der Waals surface area contributed by atoms with Crippen LogP contribution in [-0.4, -0.2) is 18.3 Å². The van der Waals surface area contributed by atoms with E-state index in [2.05, 4.69) is 5.32 Å². The van der Waals surface area contributed by atoms with Crippen molar-refractivity contribution in [2.45, 2.75) is 31.5 Å². The Balaban J connectivity index is 2.28. The van der Waals surface area contributed by atoms with Crippen molar-refractivity contribution in [3.8, 4) is 5.75 Å². The molecule has 106 valence electrons. The second-order valence-electron chi connectivity index (χ2n) is 4.51. The first-order valence-corrected chi connectivity index (χ1v) is 5.86. The molecule has 3 N–H and O–H groups in total. The highest BCUT2D eigenvalue weighted by molar-refractivity contribution is 5.70. The molecule has 1 aliphatic carbocycles. The Kier molecular flexibility index (Phi) is 3.24. The van der Waals surface area contributed by atoms with Crippen molar-refractivity contribution in [2.75, 3.05) is 17.7 Å². The minimum atomic E-state index is -4.36. The average molecular weight is 278 g/mol. The van der Waals surface area contributed by atoms with Crippen molar-refractivity contribution < 1.29 is 22.3 Å². The summed E-state index contributed by atoms with van der Waals surface area (Å²) in [5.74, 6) is -0.807. The maximum absolute atomic E-state index is 13.4. The summed E-state index contributed by atoms with van der Waals surface area (Å²) < 4.78 is 56.9. The van der Waals surface area contributed by atoms with Crippen LogP contribution in [0.25, 0.3) is 0 Å². The van der Waals surface area contributed by atoms with Crippen LogP contribution in [0.1, 0.15) is 19.8 Å². The number of alkyl halides is 3. The molecule has 0 aliphatic heterocycles. The summed E-state index contributed by atoms with van der Waals surface area (Å²) in [5, 5.41) is 2.37. The van der Waals surface area contributed by atoms with Crippen molar-refractivity contribution in [3.63, 3.8) is 0 Å². The van der Waals surface area contributed by atoms with Gasteiger partial charge in [-0.3, -0.25) is 0 Å². The Labute approximate surface area is 107 Å². The number of nitrogen functional groups attached to an aromatic ring is 1. The van der Waals surface area contributed by atoms with Gasteiger partial charge in [-0.05, 0) is 19.8 Å². The summed E-state index contributed by atoms with van der Waals surface area (Å²) in [5.41, 5.74) is 3.57. The van der Waals surface area contributed by atoms with Crippen LogP contribution in [-0.2, 0) is 0 Å². The van der Waals surface area contributed by atoms with Crippen molar-refractivity contribution in [3.05, 3.63) is 17.9 Å². The van der Waals surface area contributed by atoms with Crippen LogP contribution in [0.4, 0.5) is 28.9 Å². The van der Waals surface area contributed by atoms with E-state index in [9.17, 15) is 17.6 Å². The molecule has 19 heavy (non-hydrogen) atoms. The van der Waals surface area contributed by atoms with Gasteiger partial charge in [-0.25, -0.2) is 4.39 Å². The van der Waals surface area contributed by atoms with Gasteiger partial charge in [0.2, 0.25) is 0 Å². The number of halogens is 4. The van der Waals surface area contributed by atoms with E-state index < -0.39 is 17.5 Å². The molecule has 0 heterocycles. The summed E-state index contributed by atoms with van der Waals surface area (Å²) in [4.78, 5) is 0. The number of rotatable bonds is 4. The zero-order chi connectivity index (χ0) is 14.3. The van der Waals surface area contributed by atoms with Gasteiger partial charge in [0.1, 0.15) is 5.54 Å². The predicted octanol–water partition coefficient (Wildman–Crippen LogP) is 3.31. The maximum Gasteiger partial charge on any atom is 0.411 e. The third-order valence-corrected chi connectivity index (χ3v) is 3.07. The van der Waals surface area contributed by atoms with Gasteiger partial charge in [0.05, 0.1) is 18.0 Å². The first kappa shape index (κ1) is 13.8. The molecule has 0 aromatic heterocycles. The smallest absolute Gasteiger partial charge is 0.411 e.